The first-order chi connectivity index (χ1) is 7.66. The van der Waals surface area contributed by atoms with Gasteiger partial charge in [-0.1, -0.05) is 0 Å². The van der Waals surface area contributed by atoms with E-state index >= 15 is 0 Å². The number of piperidine rings is 1. The maximum atomic E-state index is 11.7. The van der Waals surface area contributed by atoms with E-state index in [0.717, 1.165) is 38.0 Å². The second kappa shape index (κ2) is 4.65. The summed E-state index contributed by atoms with van der Waals surface area (Å²) in [5.74, 6) is 0.0854. The van der Waals surface area contributed by atoms with Crippen LogP contribution in [0, 0.1) is 0 Å². The topological polar surface area (TPSA) is 64.2 Å². The van der Waals surface area contributed by atoms with Crippen molar-refractivity contribution >= 4 is 5.91 Å². The molecule has 0 bridgehead atoms. The summed E-state index contributed by atoms with van der Waals surface area (Å²) in [6.07, 6.45) is 4.55. The van der Waals surface area contributed by atoms with Crippen molar-refractivity contribution in [1.82, 2.24) is 14.7 Å². The largest absolute Gasteiger partial charge is 0.341 e. The van der Waals surface area contributed by atoms with Gasteiger partial charge in [-0.05, 0) is 18.9 Å². The molecule has 1 atom stereocenters. The van der Waals surface area contributed by atoms with Crippen LogP contribution in [0.25, 0.3) is 0 Å². The van der Waals surface area contributed by atoms with Crippen molar-refractivity contribution in [3.8, 4) is 0 Å². The lowest BCUT2D eigenvalue weighted by Gasteiger charge is -2.30. The van der Waals surface area contributed by atoms with E-state index in [4.69, 9.17) is 5.73 Å². The van der Waals surface area contributed by atoms with Crippen LogP contribution in [0.15, 0.2) is 12.3 Å². The number of aromatic nitrogens is 2. The van der Waals surface area contributed by atoms with Crippen molar-refractivity contribution in [2.24, 2.45) is 12.8 Å². The molecule has 0 aliphatic carbocycles. The van der Waals surface area contributed by atoms with Crippen LogP contribution in [0.1, 0.15) is 18.5 Å². The van der Waals surface area contributed by atoms with Gasteiger partial charge in [-0.15, -0.1) is 0 Å². The molecule has 0 aromatic carbocycles. The number of aryl methyl sites for hydroxylation is 1. The van der Waals surface area contributed by atoms with Gasteiger partial charge in [0.25, 0.3) is 0 Å². The van der Waals surface area contributed by atoms with E-state index in [9.17, 15) is 4.79 Å². The molecule has 1 aliphatic rings. The number of hydrogen-bond donors (Lipinski definition) is 1. The minimum absolute atomic E-state index is 0.0854. The van der Waals surface area contributed by atoms with E-state index in [0.29, 0.717) is 0 Å². The number of hydrogen-bond acceptors (Lipinski definition) is 3. The molecule has 1 fully saturated rings. The van der Waals surface area contributed by atoms with Crippen LogP contribution in [0.4, 0.5) is 0 Å². The molecule has 1 aromatic rings. The molecule has 1 aromatic heterocycles. The first-order valence-electron chi connectivity index (χ1n) is 5.70. The summed E-state index contributed by atoms with van der Waals surface area (Å²) in [6, 6.07) is 1.69. The average molecular weight is 222 g/mol. The van der Waals surface area contributed by atoms with E-state index in [-0.39, 0.29) is 11.9 Å². The molecule has 88 valence electrons. The van der Waals surface area contributed by atoms with E-state index in [1.54, 1.807) is 4.68 Å². The quantitative estimate of drug-likeness (QED) is 0.777. The summed E-state index contributed by atoms with van der Waals surface area (Å²) in [7, 11) is 1.89. The predicted molar refractivity (Wildman–Crippen MR) is 60.7 cm³/mol. The maximum absolute atomic E-state index is 11.7. The molecule has 2 heterocycles. The van der Waals surface area contributed by atoms with Gasteiger partial charge in [-0.2, -0.15) is 5.10 Å². The zero-order valence-electron chi connectivity index (χ0n) is 9.59. The van der Waals surface area contributed by atoms with Crippen molar-refractivity contribution in [3.63, 3.8) is 0 Å². The lowest BCUT2D eigenvalue weighted by molar-refractivity contribution is -0.134. The molecule has 1 aliphatic heterocycles. The summed E-state index contributed by atoms with van der Waals surface area (Å²) < 4.78 is 1.78. The average Bonchev–Trinajstić information content (AvgIpc) is 2.67. The molecule has 1 saturated heterocycles. The highest BCUT2D eigenvalue weighted by Crippen LogP contribution is 2.10. The number of carbonyl (C=O) groups is 1. The van der Waals surface area contributed by atoms with Crippen molar-refractivity contribution in [2.75, 3.05) is 13.1 Å². The zero-order chi connectivity index (χ0) is 11.5. The molecular formula is C11H18N4O. The molecular weight excluding hydrogens is 204 g/mol. The number of nitrogens with zero attached hydrogens (tertiary/aromatic N) is 3. The van der Waals surface area contributed by atoms with E-state index in [1.807, 2.05) is 24.2 Å². The highest BCUT2D eigenvalue weighted by atomic mass is 16.2. The van der Waals surface area contributed by atoms with Crippen molar-refractivity contribution in [1.29, 1.82) is 0 Å². The number of amides is 1. The van der Waals surface area contributed by atoms with Gasteiger partial charge in [-0.25, -0.2) is 0 Å². The van der Waals surface area contributed by atoms with E-state index in [2.05, 4.69) is 5.10 Å². The predicted octanol–water partition coefficient (Wildman–Crippen LogP) is -0.0877. The van der Waals surface area contributed by atoms with Crippen LogP contribution >= 0.6 is 0 Å². The SMILES string of the molecule is Cn1ccc(CCN2CCCC(N)C2=O)n1. The van der Waals surface area contributed by atoms with E-state index in [1.165, 1.54) is 0 Å². The Balaban J connectivity index is 1.87. The van der Waals surface area contributed by atoms with Gasteiger partial charge in [0, 0.05) is 32.8 Å². The summed E-state index contributed by atoms with van der Waals surface area (Å²) in [4.78, 5) is 13.6. The van der Waals surface area contributed by atoms with Gasteiger partial charge in [0.05, 0.1) is 11.7 Å². The Kier molecular flexibility index (Phi) is 3.24. The third-order valence-electron chi connectivity index (χ3n) is 2.98. The molecule has 2 rings (SSSR count). The summed E-state index contributed by atoms with van der Waals surface area (Å²) >= 11 is 0. The third-order valence-corrected chi connectivity index (χ3v) is 2.98. The first kappa shape index (κ1) is 11.1. The second-order valence-electron chi connectivity index (χ2n) is 4.30. The molecule has 0 radical (unpaired) electrons. The van der Waals surface area contributed by atoms with Crippen molar-refractivity contribution < 1.29 is 4.79 Å². The second-order valence-corrected chi connectivity index (χ2v) is 4.30. The number of carbonyl (C=O) groups excluding carboxylic acids is 1. The molecule has 1 amide bonds. The lowest BCUT2D eigenvalue weighted by Crippen LogP contribution is -2.48. The molecule has 1 unspecified atom stereocenters. The number of likely N-dealkylation sites (tertiary alicyclic amines) is 1. The van der Waals surface area contributed by atoms with Crippen LogP contribution < -0.4 is 5.73 Å². The van der Waals surface area contributed by atoms with Gasteiger partial charge in [-0.3, -0.25) is 9.48 Å². The Hall–Kier alpha value is -1.36. The number of nitrogens with two attached hydrogens (primary N) is 1. The standard InChI is InChI=1S/C11H18N4O/c1-14-7-4-9(13-14)5-8-15-6-2-3-10(12)11(15)16/h4,7,10H,2-3,5-6,8,12H2,1H3. The molecule has 16 heavy (non-hydrogen) atoms. The third kappa shape index (κ3) is 2.41. The van der Waals surface area contributed by atoms with Gasteiger partial charge < -0.3 is 10.6 Å². The Bertz CT molecular complexity index is 374. The maximum Gasteiger partial charge on any atom is 0.239 e. The summed E-state index contributed by atoms with van der Waals surface area (Å²) in [6.45, 7) is 1.56. The normalized spacial score (nSPS) is 21.5. The van der Waals surface area contributed by atoms with Crippen LogP contribution in [0.5, 0.6) is 0 Å². The monoisotopic (exact) mass is 222 g/mol. The number of rotatable bonds is 3. The minimum atomic E-state index is -0.294. The van der Waals surface area contributed by atoms with E-state index < -0.39 is 0 Å². The highest BCUT2D eigenvalue weighted by molar-refractivity contribution is 5.82. The molecule has 0 saturated carbocycles. The van der Waals surface area contributed by atoms with Gasteiger partial charge in [0.2, 0.25) is 5.91 Å². The van der Waals surface area contributed by atoms with Crippen LogP contribution in [0.3, 0.4) is 0 Å². The Morgan fingerprint density at radius 3 is 3.12 bits per heavy atom. The fourth-order valence-corrected chi connectivity index (χ4v) is 2.04. The van der Waals surface area contributed by atoms with Gasteiger partial charge in [0.1, 0.15) is 0 Å². The van der Waals surface area contributed by atoms with Crippen molar-refractivity contribution in [3.05, 3.63) is 18.0 Å². The Labute approximate surface area is 95.2 Å². The summed E-state index contributed by atoms with van der Waals surface area (Å²) in [5.41, 5.74) is 6.75. The minimum Gasteiger partial charge on any atom is -0.341 e. The Morgan fingerprint density at radius 2 is 2.44 bits per heavy atom. The Morgan fingerprint density at radius 1 is 1.62 bits per heavy atom. The first-order valence-corrected chi connectivity index (χ1v) is 5.70. The van der Waals surface area contributed by atoms with Gasteiger partial charge >= 0.3 is 0 Å². The summed E-state index contributed by atoms with van der Waals surface area (Å²) in [5, 5.41) is 4.29. The smallest absolute Gasteiger partial charge is 0.239 e. The fourth-order valence-electron chi connectivity index (χ4n) is 2.04. The van der Waals surface area contributed by atoms with Crippen LogP contribution in [-0.2, 0) is 18.3 Å². The fraction of sp³-hybridized carbons (Fsp3) is 0.636. The molecule has 2 N–H and O–H groups in total. The van der Waals surface area contributed by atoms with Crippen molar-refractivity contribution in [2.45, 2.75) is 25.3 Å². The lowest BCUT2D eigenvalue weighted by atomic mass is 10.1. The van der Waals surface area contributed by atoms with Crippen LogP contribution in [-0.4, -0.2) is 39.7 Å². The highest BCUT2D eigenvalue weighted by Gasteiger charge is 2.25. The van der Waals surface area contributed by atoms with Gasteiger partial charge in [0.15, 0.2) is 0 Å². The molecule has 5 heteroatoms. The zero-order valence-corrected chi connectivity index (χ0v) is 9.59. The molecule has 0 spiro atoms. The van der Waals surface area contributed by atoms with Crippen LogP contribution in [0.2, 0.25) is 0 Å². The molecule has 5 nitrogen and oxygen atoms in total.